The normalized spacial score (nSPS) is 26.9. The van der Waals surface area contributed by atoms with Crippen molar-refractivity contribution in [1.82, 2.24) is 15.4 Å². The first kappa shape index (κ1) is 11.6. The molecule has 1 aromatic rings. The van der Waals surface area contributed by atoms with E-state index in [0.717, 1.165) is 6.54 Å². The smallest absolute Gasteiger partial charge is 0.0354 e. The highest BCUT2D eigenvalue weighted by molar-refractivity contribution is 5.08. The van der Waals surface area contributed by atoms with Gasteiger partial charge in [0.1, 0.15) is 0 Å². The summed E-state index contributed by atoms with van der Waals surface area (Å²) in [5.41, 5.74) is 4.83. The molecular weight excluding hydrogens is 198 g/mol. The zero-order valence-corrected chi connectivity index (χ0v) is 10.2. The number of hydrazine groups is 1. The largest absolute Gasteiger partial charge is 0.265 e. The Hall–Kier alpha value is -0.930. The quantitative estimate of drug-likeness (QED) is 0.846. The molecule has 3 heteroatoms. The van der Waals surface area contributed by atoms with E-state index in [-0.39, 0.29) is 0 Å². The summed E-state index contributed by atoms with van der Waals surface area (Å²) in [7, 11) is 0. The van der Waals surface area contributed by atoms with E-state index in [4.69, 9.17) is 0 Å². The molecule has 2 rings (SSSR count). The monoisotopic (exact) mass is 219 g/mol. The van der Waals surface area contributed by atoms with Crippen molar-refractivity contribution >= 4 is 0 Å². The highest BCUT2D eigenvalue weighted by Crippen LogP contribution is 2.20. The van der Waals surface area contributed by atoms with Crippen LogP contribution < -0.4 is 5.43 Å². The Kier molecular flexibility index (Phi) is 3.91. The average Bonchev–Trinajstić information content (AvgIpc) is 2.30. The summed E-state index contributed by atoms with van der Waals surface area (Å²) in [6, 6.07) is 5.41. The Morgan fingerprint density at radius 1 is 1.25 bits per heavy atom. The van der Waals surface area contributed by atoms with Crippen LogP contribution in [0.3, 0.4) is 0 Å². The highest BCUT2D eigenvalue weighted by Gasteiger charge is 2.23. The zero-order chi connectivity index (χ0) is 11.4. The summed E-state index contributed by atoms with van der Waals surface area (Å²) in [4.78, 5) is 4.03. The molecule has 0 aliphatic carbocycles. The van der Waals surface area contributed by atoms with Crippen LogP contribution in [0.25, 0.3) is 0 Å². The fourth-order valence-corrected chi connectivity index (χ4v) is 2.42. The van der Waals surface area contributed by atoms with E-state index in [1.807, 2.05) is 12.4 Å². The van der Waals surface area contributed by atoms with Gasteiger partial charge in [-0.1, -0.05) is 6.42 Å². The van der Waals surface area contributed by atoms with E-state index in [1.165, 1.54) is 24.8 Å². The Bertz CT molecular complexity index is 302. The van der Waals surface area contributed by atoms with Crippen molar-refractivity contribution in [2.24, 2.45) is 0 Å². The van der Waals surface area contributed by atoms with Crippen LogP contribution in [0.15, 0.2) is 24.5 Å². The minimum absolute atomic E-state index is 0.644. The lowest BCUT2D eigenvalue weighted by Crippen LogP contribution is -2.51. The van der Waals surface area contributed by atoms with Crippen LogP contribution in [0, 0.1) is 0 Å². The predicted octanol–water partition coefficient (Wildman–Crippen LogP) is 2.35. The van der Waals surface area contributed by atoms with Crippen LogP contribution >= 0.6 is 0 Å². The highest BCUT2D eigenvalue weighted by atomic mass is 15.5. The summed E-state index contributed by atoms with van der Waals surface area (Å²) >= 11 is 0. The lowest BCUT2D eigenvalue weighted by Gasteiger charge is -2.39. The van der Waals surface area contributed by atoms with Crippen LogP contribution in [0.4, 0.5) is 0 Å². The lowest BCUT2D eigenvalue weighted by molar-refractivity contribution is 0.0435. The molecule has 2 heterocycles. The van der Waals surface area contributed by atoms with Crippen LogP contribution in [-0.2, 0) is 6.54 Å². The fourth-order valence-electron chi connectivity index (χ4n) is 2.42. The van der Waals surface area contributed by atoms with Gasteiger partial charge < -0.3 is 0 Å². The Balaban J connectivity index is 1.89. The number of aromatic nitrogens is 1. The van der Waals surface area contributed by atoms with E-state index >= 15 is 0 Å². The van der Waals surface area contributed by atoms with Gasteiger partial charge >= 0.3 is 0 Å². The van der Waals surface area contributed by atoms with Gasteiger partial charge in [0.25, 0.3) is 0 Å². The van der Waals surface area contributed by atoms with Crippen molar-refractivity contribution in [3.05, 3.63) is 30.1 Å². The first-order valence-corrected chi connectivity index (χ1v) is 6.18. The second kappa shape index (κ2) is 5.41. The van der Waals surface area contributed by atoms with Gasteiger partial charge in [-0.3, -0.25) is 10.4 Å². The predicted molar refractivity (Wildman–Crippen MR) is 65.7 cm³/mol. The number of nitrogens with zero attached hydrogens (tertiary/aromatic N) is 2. The zero-order valence-electron chi connectivity index (χ0n) is 10.2. The molecule has 1 aliphatic heterocycles. The van der Waals surface area contributed by atoms with Crippen molar-refractivity contribution in [2.45, 2.75) is 51.7 Å². The average molecular weight is 219 g/mol. The minimum atomic E-state index is 0.644. The molecule has 1 fully saturated rings. The Labute approximate surface area is 97.8 Å². The number of hydrogen-bond acceptors (Lipinski definition) is 3. The van der Waals surface area contributed by atoms with E-state index in [1.54, 1.807) is 0 Å². The summed E-state index contributed by atoms with van der Waals surface area (Å²) in [6.07, 6.45) is 7.65. The summed E-state index contributed by atoms with van der Waals surface area (Å²) < 4.78 is 0. The van der Waals surface area contributed by atoms with Gasteiger partial charge in [-0.2, -0.15) is 0 Å². The molecular formula is C13H21N3. The Morgan fingerprint density at radius 2 is 1.88 bits per heavy atom. The number of hydrogen-bond donors (Lipinski definition) is 1. The van der Waals surface area contributed by atoms with Gasteiger partial charge in [-0.15, -0.1) is 0 Å². The van der Waals surface area contributed by atoms with E-state index in [2.05, 4.69) is 41.4 Å². The maximum atomic E-state index is 4.03. The van der Waals surface area contributed by atoms with Gasteiger partial charge in [-0.05, 0) is 44.4 Å². The van der Waals surface area contributed by atoms with Gasteiger partial charge in [-0.25, -0.2) is 5.01 Å². The van der Waals surface area contributed by atoms with Gasteiger partial charge in [0, 0.05) is 31.0 Å². The second-order valence-electron chi connectivity index (χ2n) is 4.73. The maximum absolute atomic E-state index is 4.03. The lowest BCUT2D eigenvalue weighted by atomic mass is 10.00. The standard InChI is InChI=1S/C13H21N3/c1-11-4-3-5-12(2)16(11)15-10-13-6-8-14-9-7-13/h6-9,11-12,15H,3-5,10H2,1-2H3. The van der Waals surface area contributed by atoms with Crippen molar-refractivity contribution < 1.29 is 0 Å². The topological polar surface area (TPSA) is 28.2 Å². The third-order valence-corrected chi connectivity index (χ3v) is 3.41. The van der Waals surface area contributed by atoms with Crippen LogP contribution in [0.2, 0.25) is 0 Å². The van der Waals surface area contributed by atoms with E-state index < -0.39 is 0 Å². The van der Waals surface area contributed by atoms with Crippen molar-refractivity contribution in [3.63, 3.8) is 0 Å². The molecule has 3 nitrogen and oxygen atoms in total. The molecule has 16 heavy (non-hydrogen) atoms. The summed E-state index contributed by atoms with van der Waals surface area (Å²) in [6.45, 7) is 5.50. The number of pyridine rings is 1. The third kappa shape index (κ3) is 2.80. The molecule has 1 N–H and O–H groups in total. The van der Waals surface area contributed by atoms with Crippen LogP contribution in [0.1, 0.15) is 38.7 Å². The molecule has 0 radical (unpaired) electrons. The molecule has 1 aromatic heterocycles. The third-order valence-electron chi connectivity index (χ3n) is 3.41. The number of nitrogens with one attached hydrogen (secondary N) is 1. The minimum Gasteiger partial charge on any atom is -0.265 e. The van der Waals surface area contributed by atoms with Gasteiger partial charge in [0.15, 0.2) is 0 Å². The molecule has 1 aliphatic rings. The first-order chi connectivity index (χ1) is 7.77. The SMILES string of the molecule is CC1CCCC(C)N1NCc1ccncc1. The molecule has 0 spiro atoms. The van der Waals surface area contributed by atoms with Crippen molar-refractivity contribution in [3.8, 4) is 0 Å². The molecule has 0 aromatic carbocycles. The summed E-state index contributed by atoms with van der Waals surface area (Å²) in [5.74, 6) is 0. The first-order valence-electron chi connectivity index (χ1n) is 6.18. The van der Waals surface area contributed by atoms with Gasteiger partial charge in [0.05, 0.1) is 0 Å². The maximum Gasteiger partial charge on any atom is 0.0354 e. The Morgan fingerprint density at radius 3 is 2.50 bits per heavy atom. The molecule has 2 atom stereocenters. The van der Waals surface area contributed by atoms with Crippen LogP contribution in [0.5, 0.6) is 0 Å². The van der Waals surface area contributed by atoms with E-state index in [0.29, 0.717) is 12.1 Å². The van der Waals surface area contributed by atoms with Crippen LogP contribution in [-0.4, -0.2) is 22.1 Å². The molecule has 0 bridgehead atoms. The summed E-state index contributed by atoms with van der Waals surface area (Å²) in [5, 5.41) is 2.41. The van der Waals surface area contributed by atoms with Gasteiger partial charge in [0.2, 0.25) is 0 Å². The fraction of sp³-hybridized carbons (Fsp3) is 0.615. The molecule has 2 unspecified atom stereocenters. The molecule has 0 saturated carbocycles. The van der Waals surface area contributed by atoms with E-state index in [9.17, 15) is 0 Å². The second-order valence-corrected chi connectivity index (χ2v) is 4.73. The van der Waals surface area contributed by atoms with Crippen molar-refractivity contribution in [1.29, 1.82) is 0 Å². The molecule has 0 amide bonds. The molecule has 88 valence electrons. The number of rotatable bonds is 3. The molecule has 1 saturated heterocycles. The number of piperidine rings is 1. The van der Waals surface area contributed by atoms with Crippen molar-refractivity contribution in [2.75, 3.05) is 0 Å².